The van der Waals surface area contributed by atoms with Crippen LogP contribution >= 0.6 is 0 Å². The lowest BCUT2D eigenvalue weighted by atomic mass is 10.2. The molecule has 0 aromatic heterocycles. The SMILES string of the molecule is CCN(C(=O)O)c1ccc(NCc2ccc(F)cc2)cc1[N+](=O)[O-]. The van der Waals surface area contributed by atoms with E-state index in [2.05, 4.69) is 5.32 Å². The molecule has 0 saturated heterocycles. The molecule has 0 heterocycles. The van der Waals surface area contributed by atoms with Crippen LogP contribution in [0.15, 0.2) is 42.5 Å². The minimum Gasteiger partial charge on any atom is -0.465 e. The van der Waals surface area contributed by atoms with Crippen molar-refractivity contribution in [2.45, 2.75) is 13.5 Å². The summed E-state index contributed by atoms with van der Waals surface area (Å²) in [5, 5.41) is 23.4. The molecular weight excluding hydrogens is 317 g/mol. The average molecular weight is 333 g/mol. The van der Waals surface area contributed by atoms with Crippen molar-refractivity contribution in [3.63, 3.8) is 0 Å². The predicted octanol–water partition coefficient (Wildman–Crippen LogP) is 3.85. The van der Waals surface area contributed by atoms with E-state index in [4.69, 9.17) is 5.11 Å². The fraction of sp³-hybridized carbons (Fsp3) is 0.188. The smallest absolute Gasteiger partial charge is 0.412 e. The summed E-state index contributed by atoms with van der Waals surface area (Å²) in [5.41, 5.74) is 0.991. The third-order valence-electron chi connectivity index (χ3n) is 3.42. The zero-order valence-electron chi connectivity index (χ0n) is 12.9. The molecule has 0 fully saturated rings. The van der Waals surface area contributed by atoms with E-state index in [1.54, 1.807) is 25.1 Å². The quantitative estimate of drug-likeness (QED) is 0.618. The summed E-state index contributed by atoms with van der Waals surface area (Å²) >= 11 is 0. The Morgan fingerprint density at radius 1 is 1.29 bits per heavy atom. The minimum absolute atomic E-state index is 0.0160. The van der Waals surface area contributed by atoms with Gasteiger partial charge in [0.1, 0.15) is 11.5 Å². The number of amides is 1. The number of nitro groups is 1. The van der Waals surface area contributed by atoms with E-state index in [1.807, 2.05) is 0 Å². The molecule has 2 N–H and O–H groups in total. The van der Waals surface area contributed by atoms with Crippen molar-refractivity contribution < 1.29 is 19.2 Å². The highest BCUT2D eigenvalue weighted by Gasteiger charge is 2.23. The van der Waals surface area contributed by atoms with Gasteiger partial charge in [-0.05, 0) is 36.8 Å². The van der Waals surface area contributed by atoms with Gasteiger partial charge >= 0.3 is 6.09 Å². The van der Waals surface area contributed by atoms with E-state index in [0.717, 1.165) is 10.5 Å². The maximum Gasteiger partial charge on any atom is 0.412 e. The van der Waals surface area contributed by atoms with Crippen molar-refractivity contribution >= 4 is 23.2 Å². The molecule has 24 heavy (non-hydrogen) atoms. The second-order valence-electron chi connectivity index (χ2n) is 4.97. The number of nitrogens with one attached hydrogen (secondary N) is 1. The van der Waals surface area contributed by atoms with Crippen LogP contribution in [-0.4, -0.2) is 22.7 Å². The summed E-state index contributed by atoms with van der Waals surface area (Å²) in [6.07, 6.45) is -1.26. The number of nitrogens with zero attached hydrogens (tertiary/aromatic N) is 2. The van der Waals surface area contributed by atoms with Crippen LogP contribution in [-0.2, 0) is 6.54 Å². The molecule has 0 bridgehead atoms. The summed E-state index contributed by atoms with van der Waals surface area (Å²) in [5.74, 6) is -0.341. The number of rotatable bonds is 6. The highest BCUT2D eigenvalue weighted by atomic mass is 19.1. The van der Waals surface area contributed by atoms with Crippen LogP contribution in [0.4, 0.5) is 26.2 Å². The zero-order valence-corrected chi connectivity index (χ0v) is 12.9. The highest BCUT2D eigenvalue weighted by molar-refractivity contribution is 5.90. The fourth-order valence-corrected chi connectivity index (χ4v) is 2.22. The average Bonchev–Trinajstić information content (AvgIpc) is 2.55. The maximum absolute atomic E-state index is 12.9. The van der Waals surface area contributed by atoms with Crippen LogP contribution in [0.3, 0.4) is 0 Å². The lowest BCUT2D eigenvalue weighted by Gasteiger charge is -2.17. The molecule has 0 atom stereocenters. The van der Waals surface area contributed by atoms with Crippen molar-refractivity contribution in [3.05, 3.63) is 64.0 Å². The largest absolute Gasteiger partial charge is 0.465 e. The molecule has 2 aromatic rings. The van der Waals surface area contributed by atoms with Gasteiger partial charge < -0.3 is 10.4 Å². The summed E-state index contributed by atoms with van der Waals surface area (Å²) in [7, 11) is 0. The molecule has 0 aliphatic rings. The van der Waals surface area contributed by atoms with Crippen molar-refractivity contribution in [2.75, 3.05) is 16.8 Å². The summed E-state index contributed by atoms with van der Waals surface area (Å²) in [6, 6.07) is 10.1. The van der Waals surface area contributed by atoms with Gasteiger partial charge in [-0.1, -0.05) is 12.1 Å². The van der Waals surface area contributed by atoms with Gasteiger partial charge in [-0.3, -0.25) is 15.0 Å². The first kappa shape index (κ1) is 17.2. The number of benzene rings is 2. The molecule has 7 nitrogen and oxygen atoms in total. The molecule has 0 aliphatic heterocycles. The van der Waals surface area contributed by atoms with E-state index in [9.17, 15) is 19.3 Å². The van der Waals surface area contributed by atoms with Gasteiger partial charge in [0.05, 0.1) is 4.92 Å². The van der Waals surface area contributed by atoms with Crippen LogP contribution < -0.4 is 10.2 Å². The standard InChI is InChI=1S/C16H16FN3O4/c1-2-19(16(21)22)14-8-7-13(9-15(14)20(23)24)18-10-11-3-5-12(17)6-4-11/h3-9,18H,2,10H2,1H3,(H,21,22). The van der Waals surface area contributed by atoms with Crippen molar-refractivity contribution in [1.82, 2.24) is 0 Å². The van der Waals surface area contributed by atoms with Gasteiger partial charge in [-0.2, -0.15) is 0 Å². The van der Waals surface area contributed by atoms with Crippen LogP contribution in [0.25, 0.3) is 0 Å². The number of carbonyl (C=O) groups is 1. The molecule has 126 valence electrons. The molecule has 8 heteroatoms. The first-order chi connectivity index (χ1) is 11.4. The molecule has 2 rings (SSSR count). The number of anilines is 2. The van der Waals surface area contributed by atoms with E-state index in [-0.39, 0.29) is 23.7 Å². The normalized spacial score (nSPS) is 10.2. The summed E-state index contributed by atoms with van der Waals surface area (Å²) in [4.78, 5) is 22.7. The van der Waals surface area contributed by atoms with Crippen LogP contribution in [0.1, 0.15) is 12.5 Å². The number of hydrogen-bond donors (Lipinski definition) is 2. The van der Waals surface area contributed by atoms with Crippen molar-refractivity contribution in [2.24, 2.45) is 0 Å². The van der Waals surface area contributed by atoms with Gasteiger partial charge in [0.15, 0.2) is 0 Å². The van der Waals surface area contributed by atoms with Crippen molar-refractivity contribution in [3.8, 4) is 0 Å². The summed E-state index contributed by atoms with van der Waals surface area (Å²) in [6.45, 7) is 2.05. The van der Waals surface area contributed by atoms with E-state index in [1.165, 1.54) is 24.3 Å². The second-order valence-corrected chi connectivity index (χ2v) is 4.97. The Morgan fingerprint density at radius 3 is 2.50 bits per heavy atom. The fourth-order valence-electron chi connectivity index (χ4n) is 2.22. The predicted molar refractivity (Wildman–Crippen MR) is 87.9 cm³/mol. The Morgan fingerprint density at radius 2 is 1.96 bits per heavy atom. The van der Waals surface area contributed by atoms with Gasteiger partial charge in [0, 0.05) is 24.8 Å². The molecular formula is C16H16FN3O4. The molecule has 0 radical (unpaired) electrons. The van der Waals surface area contributed by atoms with E-state index >= 15 is 0 Å². The third kappa shape index (κ3) is 3.97. The third-order valence-corrected chi connectivity index (χ3v) is 3.42. The lowest BCUT2D eigenvalue weighted by molar-refractivity contribution is -0.384. The Kier molecular flexibility index (Phi) is 5.31. The molecule has 0 spiro atoms. The van der Waals surface area contributed by atoms with Gasteiger partial charge in [-0.15, -0.1) is 0 Å². The number of carboxylic acid groups (broad SMARTS) is 1. The van der Waals surface area contributed by atoms with Crippen LogP contribution in [0.5, 0.6) is 0 Å². The lowest BCUT2D eigenvalue weighted by Crippen LogP contribution is -2.29. The van der Waals surface area contributed by atoms with Crippen molar-refractivity contribution in [1.29, 1.82) is 0 Å². The zero-order chi connectivity index (χ0) is 17.7. The Balaban J connectivity index is 2.23. The minimum atomic E-state index is -1.26. The first-order valence-corrected chi connectivity index (χ1v) is 7.19. The Hall–Kier alpha value is -3.16. The number of nitro benzene ring substituents is 1. The summed E-state index contributed by atoms with van der Waals surface area (Å²) < 4.78 is 12.9. The Labute approximate surface area is 137 Å². The molecule has 1 amide bonds. The molecule has 0 saturated carbocycles. The Bertz CT molecular complexity index is 749. The maximum atomic E-state index is 12.9. The van der Waals surface area contributed by atoms with E-state index < -0.39 is 11.0 Å². The topological polar surface area (TPSA) is 95.7 Å². The first-order valence-electron chi connectivity index (χ1n) is 7.19. The monoisotopic (exact) mass is 333 g/mol. The van der Waals surface area contributed by atoms with Gasteiger partial charge in [-0.25, -0.2) is 9.18 Å². The highest BCUT2D eigenvalue weighted by Crippen LogP contribution is 2.31. The number of halogens is 1. The van der Waals surface area contributed by atoms with Gasteiger partial charge in [0.25, 0.3) is 5.69 Å². The van der Waals surface area contributed by atoms with E-state index in [0.29, 0.717) is 12.2 Å². The number of hydrogen-bond acceptors (Lipinski definition) is 4. The van der Waals surface area contributed by atoms with Gasteiger partial charge in [0.2, 0.25) is 0 Å². The molecule has 2 aromatic carbocycles. The second kappa shape index (κ2) is 7.40. The molecule has 0 unspecified atom stereocenters. The van der Waals surface area contributed by atoms with Crippen LogP contribution in [0, 0.1) is 15.9 Å². The molecule has 0 aliphatic carbocycles. The van der Waals surface area contributed by atoms with Crippen LogP contribution in [0.2, 0.25) is 0 Å².